The second kappa shape index (κ2) is 7.47. The number of carboxylic acids is 1. The Hall–Kier alpha value is -3.75. The minimum absolute atomic E-state index is 0.163. The van der Waals surface area contributed by atoms with Crippen molar-refractivity contribution in [2.45, 2.75) is 0 Å². The summed E-state index contributed by atoms with van der Waals surface area (Å²) in [6, 6.07) is 12.1. The molecule has 3 heterocycles. The third-order valence-electron chi connectivity index (χ3n) is 4.55. The first kappa shape index (κ1) is 17.7. The zero-order valence-corrected chi connectivity index (χ0v) is 15.0. The zero-order valence-electron chi connectivity index (χ0n) is 15.0. The predicted octanol–water partition coefficient (Wildman–Crippen LogP) is 1.32. The molecule has 0 bridgehead atoms. The van der Waals surface area contributed by atoms with Crippen molar-refractivity contribution in [3.8, 4) is 5.69 Å². The second-order valence-electron chi connectivity index (χ2n) is 6.30. The van der Waals surface area contributed by atoms with Crippen LogP contribution in [0, 0.1) is 0 Å². The van der Waals surface area contributed by atoms with E-state index in [1.807, 2.05) is 23.1 Å². The van der Waals surface area contributed by atoms with E-state index < -0.39 is 5.97 Å². The first-order valence-electron chi connectivity index (χ1n) is 8.83. The minimum atomic E-state index is -1.17. The molecule has 1 fully saturated rings. The van der Waals surface area contributed by atoms with Crippen LogP contribution in [0.25, 0.3) is 5.69 Å². The molecule has 1 aromatic carbocycles. The molecule has 3 aromatic rings. The fourth-order valence-electron chi connectivity index (χ4n) is 3.13. The van der Waals surface area contributed by atoms with Crippen molar-refractivity contribution in [3.63, 3.8) is 0 Å². The summed E-state index contributed by atoms with van der Waals surface area (Å²) in [4.78, 5) is 36.7. The number of aromatic nitrogens is 4. The van der Waals surface area contributed by atoms with Gasteiger partial charge in [0.2, 0.25) is 5.95 Å². The lowest BCUT2D eigenvalue weighted by Crippen LogP contribution is -2.49. The van der Waals surface area contributed by atoms with Gasteiger partial charge in [0.1, 0.15) is 5.69 Å². The van der Waals surface area contributed by atoms with E-state index >= 15 is 0 Å². The lowest BCUT2D eigenvalue weighted by Gasteiger charge is -2.34. The Morgan fingerprint density at radius 3 is 2.25 bits per heavy atom. The Morgan fingerprint density at radius 1 is 0.929 bits per heavy atom. The van der Waals surface area contributed by atoms with Gasteiger partial charge < -0.3 is 14.9 Å². The molecule has 1 aliphatic heterocycles. The summed E-state index contributed by atoms with van der Waals surface area (Å²) in [5, 5.41) is 13.4. The predicted molar refractivity (Wildman–Crippen MR) is 101 cm³/mol. The fourth-order valence-corrected chi connectivity index (χ4v) is 3.13. The van der Waals surface area contributed by atoms with Gasteiger partial charge in [-0.1, -0.05) is 18.2 Å². The van der Waals surface area contributed by atoms with Gasteiger partial charge in [-0.25, -0.2) is 19.4 Å². The van der Waals surface area contributed by atoms with Crippen LogP contribution in [0.4, 0.5) is 5.95 Å². The molecule has 1 amide bonds. The number of hydrogen-bond donors (Lipinski definition) is 1. The van der Waals surface area contributed by atoms with Crippen LogP contribution in [-0.2, 0) is 0 Å². The van der Waals surface area contributed by atoms with Gasteiger partial charge in [0.25, 0.3) is 5.91 Å². The SMILES string of the molecule is O=C(O)c1cc(C(=O)N2CCN(c3ncccn3)CC2)n(-c2ccccc2)n1. The summed E-state index contributed by atoms with van der Waals surface area (Å²) in [6.45, 7) is 2.17. The van der Waals surface area contributed by atoms with Crippen LogP contribution < -0.4 is 4.90 Å². The molecule has 4 rings (SSSR count). The summed E-state index contributed by atoms with van der Waals surface area (Å²) >= 11 is 0. The van der Waals surface area contributed by atoms with E-state index in [2.05, 4.69) is 15.1 Å². The van der Waals surface area contributed by atoms with E-state index in [4.69, 9.17) is 0 Å². The summed E-state index contributed by atoms with van der Waals surface area (Å²) in [6.07, 6.45) is 3.37. The zero-order chi connectivity index (χ0) is 19.5. The van der Waals surface area contributed by atoms with E-state index in [1.165, 1.54) is 10.7 Å². The molecule has 1 N–H and O–H groups in total. The first-order chi connectivity index (χ1) is 13.6. The number of carbonyl (C=O) groups is 2. The highest BCUT2D eigenvalue weighted by Gasteiger charge is 2.27. The minimum Gasteiger partial charge on any atom is -0.476 e. The molecule has 0 spiro atoms. The number of carbonyl (C=O) groups excluding carboxylic acids is 1. The van der Waals surface area contributed by atoms with Gasteiger partial charge >= 0.3 is 5.97 Å². The summed E-state index contributed by atoms with van der Waals surface area (Å²) < 4.78 is 1.39. The van der Waals surface area contributed by atoms with E-state index in [-0.39, 0.29) is 17.3 Å². The van der Waals surface area contributed by atoms with Crippen molar-refractivity contribution in [1.29, 1.82) is 0 Å². The van der Waals surface area contributed by atoms with E-state index in [0.29, 0.717) is 37.8 Å². The number of hydrogen-bond acceptors (Lipinski definition) is 6. The summed E-state index contributed by atoms with van der Waals surface area (Å²) in [5.41, 5.74) is 0.700. The van der Waals surface area contributed by atoms with Gasteiger partial charge in [-0.2, -0.15) is 5.10 Å². The monoisotopic (exact) mass is 378 g/mol. The van der Waals surface area contributed by atoms with Gasteiger partial charge in [-0.05, 0) is 18.2 Å². The van der Waals surface area contributed by atoms with E-state index in [9.17, 15) is 14.7 Å². The molecule has 9 nitrogen and oxygen atoms in total. The third-order valence-corrected chi connectivity index (χ3v) is 4.55. The van der Waals surface area contributed by atoms with Crippen LogP contribution in [-0.4, -0.2) is 67.8 Å². The average Bonchev–Trinajstić information content (AvgIpc) is 3.20. The van der Waals surface area contributed by atoms with Crippen LogP contribution in [0.3, 0.4) is 0 Å². The van der Waals surface area contributed by atoms with Crippen LogP contribution in [0.2, 0.25) is 0 Å². The molecule has 0 unspecified atom stereocenters. The molecule has 0 radical (unpaired) electrons. The quantitative estimate of drug-likeness (QED) is 0.730. The van der Waals surface area contributed by atoms with Gasteiger partial charge in [-0.3, -0.25) is 4.79 Å². The van der Waals surface area contributed by atoms with Gasteiger partial charge in [0.05, 0.1) is 5.69 Å². The highest BCUT2D eigenvalue weighted by atomic mass is 16.4. The van der Waals surface area contributed by atoms with Crippen molar-refractivity contribution in [3.05, 3.63) is 66.2 Å². The molecule has 1 aliphatic rings. The van der Waals surface area contributed by atoms with Crippen molar-refractivity contribution in [1.82, 2.24) is 24.6 Å². The molecule has 0 aliphatic carbocycles. The largest absolute Gasteiger partial charge is 0.476 e. The Labute approximate surface area is 160 Å². The molecule has 1 saturated heterocycles. The molecule has 2 aromatic heterocycles. The number of para-hydroxylation sites is 1. The smallest absolute Gasteiger partial charge is 0.356 e. The third kappa shape index (κ3) is 3.41. The van der Waals surface area contributed by atoms with Crippen LogP contribution in [0.5, 0.6) is 0 Å². The molecule has 9 heteroatoms. The molecule has 0 saturated carbocycles. The number of rotatable bonds is 4. The standard InChI is InChI=1S/C19H18N6O3/c26-17(23-9-11-24(12-10-23)19-20-7-4-8-21-19)16-13-15(18(27)28)22-25(16)14-5-2-1-3-6-14/h1-8,13H,9-12H2,(H,27,28). The maximum Gasteiger partial charge on any atom is 0.356 e. The van der Waals surface area contributed by atoms with Crippen LogP contribution in [0.1, 0.15) is 21.0 Å². The van der Waals surface area contributed by atoms with Crippen LogP contribution >= 0.6 is 0 Å². The highest BCUT2D eigenvalue weighted by Crippen LogP contribution is 2.17. The first-order valence-corrected chi connectivity index (χ1v) is 8.83. The van der Waals surface area contributed by atoms with Gasteiger partial charge in [-0.15, -0.1) is 0 Å². The maximum absolute atomic E-state index is 13.1. The molecular weight excluding hydrogens is 360 g/mol. The maximum atomic E-state index is 13.1. The van der Waals surface area contributed by atoms with Gasteiger partial charge in [0.15, 0.2) is 5.69 Å². The lowest BCUT2D eigenvalue weighted by atomic mass is 10.2. The van der Waals surface area contributed by atoms with Crippen LogP contribution in [0.15, 0.2) is 54.9 Å². The lowest BCUT2D eigenvalue weighted by molar-refractivity contribution is 0.0689. The Kier molecular flexibility index (Phi) is 4.71. The number of nitrogens with zero attached hydrogens (tertiary/aromatic N) is 6. The number of aromatic carboxylic acids is 1. The molecule has 28 heavy (non-hydrogen) atoms. The number of amides is 1. The van der Waals surface area contributed by atoms with Crippen molar-refractivity contribution in [2.75, 3.05) is 31.1 Å². The Bertz CT molecular complexity index is 981. The van der Waals surface area contributed by atoms with Crippen molar-refractivity contribution >= 4 is 17.8 Å². The Morgan fingerprint density at radius 2 is 1.61 bits per heavy atom. The molecular formula is C19H18N6O3. The Balaban J connectivity index is 1.56. The topological polar surface area (TPSA) is 104 Å². The number of benzene rings is 1. The number of anilines is 1. The average molecular weight is 378 g/mol. The van der Waals surface area contributed by atoms with Crippen molar-refractivity contribution in [2.24, 2.45) is 0 Å². The molecule has 0 atom stereocenters. The normalized spacial score (nSPS) is 14.1. The van der Waals surface area contributed by atoms with E-state index in [0.717, 1.165) is 0 Å². The second-order valence-corrected chi connectivity index (χ2v) is 6.30. The highest BCUT2D eigenvalue weighted by molar-refractivity contribution is 5.96. The van der Waals surface area contributed by atoms with E-state index in [1.54, 1.807) is 35.5 Å². The van der Waals surface area contributed by atoms with Crippen molar-refractivity contribution < 1.29 is 14.7 Å². The summed E-state index contributed by atoms with van der Waals surface area (Å²) in [5.74, 6) is -0.788. The molecule has 142 valence electrons. The van der Waals surface area contributed by atoms with Gasteiger partial charge in [0, 0.05) is 44.6 Å². The number of carboxylic acid groups (broad SMARTS) is 1. The fraction of sp³-hybridized carbons (Fsp3) is 0.211. The number of piperazine rings is 1. The summed E-state index contributed by atoms with van der Waals surface area (Å²) in [7, 11) is 0.